The van der Waals surface area contributed by atoms with E-state index in [0.29, 0.717) is 16.6 Å². The van der Waals surface area contributed by atoms with Gasteiger partial charge >= 0.3 is 0 Å². The van der Waals surface area contributed by atoms with Gasteiger partial charge in [-0.3, -0.25) is 9.69 Å². The largest absolute Gasteiger partial charge is 0.340 e. The van der Waals surface area contributed by atoms with Gasteiger partial charge < -0.3 is 4.98 Å². The minimum absolute atomic E-state index is 0.0560. The number of carbonyl (C=O) groups excluding carboxylic acids is 1. The number of imidazole rings is 1. The van der Waals surface area contributed by atoms with Crippen molar-refractivity contribution >= 4 is 45.2 Å². The Morgan fingerprint density at radius 2 is 2.29 bits per heavy atom. The summed E-state index contributed by atoms with van der Waals surface area (Å²) < 4.78 is 0.635. The van der Waals surface area contributed by atoms with E-state index in [1.165, 1.54) is 11.8 Å². The fourth-order valence-corrected chi connectivity index (χ4v) is 2.83. The van der Waals surface area contributed by atoms with Crippen molar-refractivity contribution in [2.24, 2.45) is 0 Å². The van der Waals surface area contributed by atoms with E-state index in [-0.39, 0.29) is 5.91 Å². The number of hydrogen-bond acceptors (Lipinski definition) is 4. The molecular weight excluding hydrogens is 254 g/mol. The fraction of sp³-hybridized carbons (Fsp3) is 0.182. The van der Waals surface area contributed by atoms with Crippen LogP contribution in [-0.4, -0.2) is 30.8 Å². The third-order valence-corrected chi connectivity index (χ3v) is 4.02. The van der Waals surface area contributed by atoms with Crippen molar-refractivity contribution < 1.29 is 4.79 Å². The van der Waals surface area contributed by atoms with Crippen molar-refractivity contribution in [3.63, 3.8) is 0 Å². The van der Waals surface area contributed by atoms with Gasteiger partial charge in [-0.2, -0.15) is 0 Å². The van der Waals surface area contributed by atoms with Crippen molar-refractivity contribution in [2.75, 3.05) is 5.75 Å². The average Bonchev–Trinajstić information content (AvgIpc) is 2.87. The number of nitrogens with zero attached hydrogens (tertiary/aromatic N) is 2. The van der Waals surface area contributed by atoms with Crippen molar-refractivity contribution in [2.45, 2.75) is 6.54 Å². The first-order valence-corrected chi connectivity index (χ1v) is 6.54. The lowest BCUT2D eigenvalue weighted by Crippen LogP contribution is -2.28. The molecular formula is C11H9N3OS2. The predicted molar refractivity (Wildman–Crippen MR) is 71.7 cm³/mol. The lowest BCUT2D eigenvalue weighted by Gasteiger charge is -2.12. The number of benzene rings is 1. The van der Waals surface area contributed by atoms with Gasteiger partial charge in [0.1, 0.15) is 10.1 Å². The molecule has 6 heteroatoms. The van der Waals surface area contributed by atoms with Gasteiger partial charge in [0.05, 0.1) is 23.3 Å². The summed E-state index contributed by atoms with van der Waals surface area (Å²) in [6.07, 6.45) is 0. The number of thiocarbonyl (C=S) groups is 1. The SMILES string of the molecule is O=C1CSC(=S)N1Cc1nc2ccccc2[nH]1. The lowest BCUT2D eigenvalue weighted by molar-refractivity contribution is -0.124. The van der Waals surface area contributed by atoms with E-state index in [0.717, 1.165) is 16.9 Å². The Morgan fingerprint density at radius 1 is 1.47 bits per heavy atom. The molecule has 86 valence electrons. The molecule has 0 bridgehead atoms. The zero-order valence-corrected chi connectivity index (χ0v) is 10.5. The van der Waals surface area contributed by atoms with Crippen molar-refractivity contribution in [3.05, 3.63) is 30.1 Å². The lowest BCUT2D eigenvalue weighted by atomic mass is 10.3. The number of hydrogen-bond donors (Lipinski definition) is 1. The van der Waals surface area contributed by atoms with Gasteiger partial charge in [0.2, 0.25) is 5.91 Å². The topological polar surface area (TPSA) is 49.0 Å². The molecule has 0 aliphatic carbocycles. The Morgan fingerprint density at radius 3 is 3.00 bits per heavy atom. The standard InChI is InChI=1S/C11H9N3OS2/c15-10-6-17-11(16)14(10)5-9-12-7-3-1-2-4-8(7)13-9/h1-4H,5-6H2,(H,12,13). The first-order chi connectivity index (χ1) is 8.24. The van der Waals surface area contributed by atoms with E-state index in [1.54, 1.807) is 4.90 Å². The summed E-state index contributed by atoms with van der Waals surface area (Å²) in [5.74, 6) is 1.27. The molecule has 2 heterocycles. The van der Waals surface area contributed by atoms with E-state index >= 15 is 0 Å². The van der Waals surface area contributed by atoms with Crippen LogP contribution in [0.25, 0.3) is 11.0 Å². The Kier molecular flexibility index (Phi) is 2.60. The minimum atomic E-state index is 0.0560. The number of aromatic nitrogens is 2. The zero-order chi connectivity index (χ0) is 11.8. The molecule has 2 aromatic rings. The molecule has 0 saturated carbocycles. The second-order valence-electron chi connectivity index (χ2n) is 3.74. The Balaban J connectivity index is 1.89. The number of thioether (sulfide) groups is 1. The minimum Gasteiger partial charge on any atom is -0.340 e. The monoisotopic (exact) mass is 263 g/mol. The van der Waals surface area contributed by atoms with Crippen molar-refractivity contribution in [1.29, 1.82) is 0 Å². The molecule has 4 nitrogen and oxygen atoms in total. The number of H-pyrrole nitrogens is 1. The van der Waals surface area contributed by atoms with Crippen molar-refractivity contribution in [1.82, 2.24) is 14.9 Å². The number of carbonyl (C=O) groups is 1. The first kappa shape index (κ1) is 10.7. The normalized spacial score (nSPS) is 16.1. The molecule has 1 saturated heterocycles. The summed E-state index contributed by atoms with van der Waals surface area (Å²) in [6, 6.07) is 7.79. The van der Waals surface area contributed by atoms with Crippen molar-refractivity contribution in [3.8, 4) is 0 Å². The van der Waals surface area contributed by atoms with Crippen LogP contribution in [0.15, 0.2) is 24.3 Å². The van der Waals surface area contributed by atoms with E-state index in [2.05, 4.69) is 9.97 Å². The molecule has 0 spiro atoms. The predicted octanol–water partition coefficient (Wildman–Crippen LogP) is 1.92. The summed E-state index contributed by atoms with van der Waals surface area (Å²) in [5.41, 5.74) is 1.89. The van der Waals surface area contributed by atoms with Crippen LogP contribution < -0.4 is 0 Å². The first-order valence-electron chi connectivity index (χ1n) is 5.15. The second kappa shape index (κ2) is 4.12. The summed E-state index contributed by atoms with van der Waals surface area (Å²) in [4.78, 5) is 20.8. The van der Waals surface area contributed by atoms with E-state index in [9.17, 15) is 4.79 Å². The highest BCUT2D eigenvalue weighted by molar-refractivity contribution is 8.23. The quantitative estimate of drug-likeness (QED) is 0.841. The number of aromatic amines is 1. The molecule has 0 radical (unpaired) electrons. The van der Waals surface area contributed by atoms with E-state index in [4.69, 9.17) is 12.2 Å². The van der Waals surface area contributed by atoms with E-state index in [1.807, 2.05) is 24.3 Å². The molecule has 17 heavy (non-hydrogen) atoms. The van der Waals surface area contributed by atoms with Gasteiger partial charge in [0.25, 0.3) is 0 Å². The van der Waals surface area contributed by atoms with Crippen LogP contribution in [-0.2, 0) is 11.3 Å². The Hall–Kier alpha value is -1.40. The van der Waals surface area contributed by atoms with Crippen LogP contribution in [0, 0.1) is 0 Å². The highest BCUT2D eigenvalue weighted by Gasteiger charge is 2.27. The molecule has 1 aromatic heterocycles. The molecule has 0 unspecified atom stereocenters. The third-order valence-electron chi connectivity index (χ3n) is 2.59. The molecule has 1 fully saturated rings. The van der Waals surface area contributed by atoms with Crippen LogP contribution in [0.1, 0.15) is 5.82 Å². The number of nitrogens with one attached hydrogen (secondary N) is 1. The molecule has 0 atom stereocenters. The summed E-state index contributed by atoms with van der Waals surface area (Å²) in [7, 11) is 0. The van der Waals surface area contributed by atoms with Gasteiger partial charge in [0, 0.05) is 0 Å². The van der Waals surface area contributed by atoms with E-state index < -0.39 is 0 Å². The highest BCUT2D eigenvalue weighted by atomic mass is 32.2. The fourth-order valence-electron chi connectivity index (χ4n) is 1.76. The maximum Gasteiger partial charge on any atom is 0.238 e. The van der Waals surface area contributed by atoms with Gasteiger partial charge in [-0.25, -0.2) is 4.98 Å². The number of rotatable bonds is 2. The molecule has 1 N–H and O–H groups in total. The maximum absolute atomic E-state index is 11.6. The van der Waals surface area contributed by atoms with Gasteiger partial charge in [-0.15, -0.1) is 0 Å². The molecule has 1 aliphatic heterocycles. The molecule has 3 rings (SSSR count). The maximum atomic E-state index is 11.6. The number of fused-ring (bicyclic) bond motifs is 1. The smallest absolute Gasteiger partial charge is 0.238 e. The highest BCUT2D eigenvalue weighted by Crippen LogP contribution is 2.21. The van der Waals surface area contributed by atoms with Gasteiger partial charge in [-0.1, -0.05) is 36.1 Å². The van der Waals surface area contributed by atoms with Crippen LogP contribution in [0.3, 0.4) is 0 Å². The number of amides is 1. The van der Waals surface area contributed by atoms with Gasteiger partial charge in [0.15, 0.2) is 0 Å². The van der Waals surface area contributed by atoms with Crippen LogP contribution in [0.2, 0.25) is 0 Å². The summed E-state index contributed by atoms with van der Waals surface area (Å²) in [6.45, 7) is 0.430. The summed E-state index contributed by atoms with van der Waals surface area (Å²) >= 11 is 6.53. The van der Waals surface area contributed by atoms with Crippen LogP contribution in [0.5, 0.6) is 0 Å². The van der Waals surface area contributed by atoms with Crippen LogP contribution in [0.4, 0.5) is 0 Å². The van der Waals surface area contributed by atoms with Crippen LogP contribution >= 0.6 is 24.0 Å². The third kappa shape index (κ3) is 1.94. The molecule has 1 amide bonds. The molecule has 1 aliphatic rings. The average molecular weight is 263 g/mol. The Labute approximate surface area is 107 Å². The Bertz CT molecular complexity index is 559. The van der Waals surface area contributed by atoms with Gasteiger partial charge in [-0.05, 0) is 12.1 Å². The zero-order valence-electron chi connectivity index (χ0n) is 8.84. The molecule has 1 aromatic carbocycles. The summed E-state index contributed by atoms with van der Waals surface area (Å²) in [5, 5.41) is 0. The second-order valence-corrected chi connectivity index (χ2v) is 5.34. The number of para-hydroxylation sites is 2.